The molecule has 1 aliphatic rings. The molecule has 2 rings (SSSR count). The Morgan fingerprint density at radius 1 is 1.43 bits per heavy atom. The highest BCUT2D eigenvalue weighted by atomic mass is 16.5. The maximum absolute atomic E-state index is 5.60. The summed E-state index contributed by atoms with van der Waals surface area (Å²) >= 11 is 0. The fraction of sp³-hybridized carbons (Fsp3) is 0.300. The summed E-state index contributed by atoms with van der Waals surface area (Å²) in [5.74, 6) is 0. The number of benzene rings is 1. The smallest absolute Gasteiger partial charge is 0.289 e. The topological polar surface area (TPSA) is 59.6 Å². The Kier molecular flexibility index (Phi) is 2.65. The summed E-state index contributed by atoms with van der Waals surface area (Å²) < 4.78 is 5.25. The van der Waals surface area contributed by atoms with Gasteiger partial charge in [0.05, 0.1) is 6.54 Å². The van der Waals surface area contributed by atoms with E-state index in [0.29, 0.717) is 19.2 Å². The van der Waals surface area contributed by atoms with Gasteiger partial charge < -0.3 is 15.8 Å². The van der Waals surface area contributed by atoms with Crippen LogP contribution in [0.2, 0.25) is 0 Å². The minimum absolute atomic E-state index is 0.510. The van der Waals surface area contributed by atoms with E-state index in [4.69, 9.17) is 10.5 Å². The van der Waals surface area contributed by atoms with Crippen molar-refractivity contribution in [1.82, 2.24) is 0 Å². The van der Waals surface area contributed by atoms with E-state index in [-0.39, 0.29) is 0 Å². The number of hydrogen-bond acceptors (Lipinski definition) is 4. The molecule has 0 unspecified atom stereocenters. The third-order valence-corrected chi connectivity index (χ3v) is 2.06. The van der Waals surface area contributed by atoms with Crippen molar-refractivity contribution in [3.63, 3.8) is 0 Å². The van der Waals surface area contributed by atoms with E-state index in [1.807, 2.05) is 24.3 Å². The highest BCUT2D eigenvalue weighted by Crippen LogP contribution is 2.14. The van der Waals surface area contributed by atoms with Crippen molar-refractivity contribution in [1.29, 1.82) is 0 Å². The predicted molar refractivity (Wildman–Crippen MR) is 56.2 cm³/mol. The fourth-order valence-electron chi connectivity index (χ4n) is 1.35. The number of para-hydroxylation sites is 1. The van der Waals surface area contributed by atoms with Gasteiger partial charge >= 0.3 is 0 Å². The summed E-state index contributed by atoms with van der Waals surface area (Å²) in [6.45, 7) is 1.90. The highest BCUT2D eigenvalue weighted by molar-refractivity contribution is 5.90. The van der Waals surface area contributed by atoms with Crippen LogP contribution >= 0.6 is 0 Å². The quantitative estimate of drug-likeness (QED) is 0.731. The Morgan fingerprint density at radius 2 is 2.29 bits per heavy atom. The standard InChI is InChI=1S/C10H13N3O/c11-7-8-3-1-2-4-9(8)13-10-12-5-6-14-10/h1-4H,5-7,11H2,(H,12,13). The Bertz CT molecular complexity index is 349. The first-order chi connectivity index (χ1) is 6.90. The molecule has 0 fully saturated rings. The monoisotopic (exact) mass is 191 g/mol. The van der Waals surface area contributed by atoms with Crippen LogP contribution in [0.1, 0.15) is 5.56 Å². The van der Waals surface area contributed by atoms with Gasteiger partial charge in [0, 0.05) is 12.2 Å². The zero-order chi connectivity index (χ0) is 9.80. The lowest BCUT2D eigenvalue weighted by atomic mass is 10.2. The number of nitrogens with two attached hydrogens (primary N) is 1. The number of aliphatic imine (C=N–C) groups is 1. The van der Waals surface area contributed by atoms with Gasteiger partial charge in [0.1, 0.15) is 6.61 Å². The molecule has 1 heterocycles. The summed E-state index contributed by atoms with van der Waals surface area (Å²) in [5.41, 5.74) is 7.63. The van der Waals surface area contributed by atoms with Crippen molar-refractivity contribution < 1.29 is 4.74 Å². The average molecular weight is 191 g/mol. The molecule has 3 N–H and O–H groups in total. The van der Waals surface area contributed by atoms with Gasteiger partial charge in [0.15, 0.2) is 0 Å². The van der Waals surface area contributed by atoms with Crippen molar-refractivity contribution in [2.24, 2.45) is 10.7 Å². The van der Waals surface area contributed by atoms with Crippen LogP contribution in [0.4, 0.5) is 5.69 Å². The van der Waals surface area contributed by atoms with E-state index in [2.05, 4.69) is 10.3 Å². The van der Waals surface area contributed by atoms with E-state index in [0.717, 1.165) is 17.8 Å². The lowest BCUT2D eigenvalue weighted by Gasteiger charge is -2.09. The number of amidine groups is 1. The molecule has 0 saturated carbocycles. The molecule has 0 spiro atoms. The van der Waals surface area contributed by atoms with Crippen molar-refractivity contribution in [2.45, 2.75) is 6.54 Å². The van der Waals surface area contributed by atoms with Crippen LogP contribution in [0.25, 0.3) is 0 Å². The van der Waals surface area contributed by atoms with Crippen LogP contribution in [0.5, 0.6) is 0 Å². The van der Waals surface area contributed by atoms with E-state index < -0.39 is 0 Å². The lowest BCUT2D eigenvalue weighted by molar-refractivity contribution is 0.346. The Morgan fingerprint density at radius 3 is 3.00 bits per heavy atom. The molecule has 4 heteroatoms. The van der Waals surface area contributed by atoms with Gasteiger partial charge in [-0.05, 0) is 11.6 Å². The normalized spacial score (nSPS) is 14.8. The van der Waals surface area contributed by atoms with Crippen molar-refractivity contribution in [2.75, 3.05) is 18.5 Å². The van der Waals surface area contributed by atoms with Gasteiger partial charge in [-0.1, -0.05) is 18.2 Å². The molecule has 1 aliphatic heterocycles. The van der Waals surface area contributed by atoms with E-state index >= 15 is 0 Å². The second-order valence-corrected chi connectivity index (χ2v) is 3.02. The summed E-state index contributed by atoms with van der Waals surface area (Å²) in [6, 6.07) is 8.46. The second kappa shape index (κ2) is 4.11. The minimum atomic E-state index is 0.510. The van der Waals surface area contributed by atoms with Crippen LogP contribution in [0.15, 0.2) is 29.3 Å². The van der Waals surface area contributed by atoms with Crippen LogP contribution < -0.4 is 11.1 Å². The number of anilines is 1. The van der Waals surface area contributed by atoms with Crippen molar-refractivity contribution >= 4 is 11.7 Å². The predicted octanol–water partition coefficient (Wildman–Crippen LogP) is 0.943. The largest absolute Gasteiger partial charge is 0.463 e. The first-order valence-corrected chi connectivity index (χ1v) is 4.62. The third-order valence-electron chi connectivity index (χ3n) is 2.06. The Hall–Kier alpha value is -1.55. The lowest BCUT2D eigenvalue weighted by Crippen LogP contribution is -2.14. The molecule has 0 aromatic heterocycles. The average Bonchev–Trinajstić information content (AvgIpc) is 2.71. The molecule has 0 radical (unpaired) electrons. The molecular weight excluding hydrogens is 178 g/mol. The molecule has 0 saturated heterocycles. The second-order valence-electron chi connectivity index (χ2n) is 3.02. The molecule has 0 aliphatic carbocycles. The maximum Gasteiger partial charge on any atom is 0.289 e. The molecule has 4 nitrogen and oxygen atoms in total. The van der Waals surface area contributed by atoms with Gasteiger partial charge in [0.2, 0.25) is 0 Å². The molecule has 14 heavy (non-hydrogen) atoms. The summed E-state index contributed by atoms with van der Waals surface area (Å²) in [4.78, 5) is 4.15. The molecule has 1 aromatic rings. The first kappa shape index (κ1) is 9.02. The van der Waals surface area contributed by atoms with E-state index in [1.54, 1.807) is 0 Å². The number of nitrogens with zero attached hydrogens (tertiary/aromatic N) is 1. The number of hydrogen-bond donors (Lipinski definition) is 2. The van der Waals surface area contributed by atoms with Crippen LogP contribution in [-0.2, 0) is 11.3 Å². The molecule has 0 atom stereocenters. The van der Waals surface area contributed by atoms with Crippen LogP contribution in [0.3, 0.4) is 0 Å². The zero-order valence-corrected chi connectivity index (χ0v) is 7.86. The molecule has 0 amide bonds. The zero-order valence-electron chi connectivity index (χ0n) is 7.86. The summed E-state index contributed by atoms with van der Waals surface area (Å²) in [7, 11) is 0. The Labute approximate surface area is 82.8 Å². The fourth-order valence-corrected chi connectivity index (χ4v) is 1.35. The van der Waals surface area contributed by atoms with Crippen LogP contribution in [0, 0.1) is 0 Å². The number of rotatable bonds is 2. The summed E-state index contributed by atoms with van der Waals surface area (Å²) in [5, 5.41) is 3.11. The van der Waals surface area contributed by atoms with E-state index in [1.165, 1.54) is 0 Å². The molecule has 1 aromatic carbocycles. The minimum Gasteiger partial charge on any atom is -0.463 e. The number of nitrogens with one attached hydrogen (secondary N) is 1. The summed E-state index contributed by atoms with van der Waals surface area (Å²) in [6.07, 6.45) is 0. The first-order valence-electron chi connectivity index (χ1n) is 4.62. The van der Waals surface area contributed by atoms with Crippen LogP contribution in [-0.4, -0.2) is 19.2 Å². The SMILES string of the molecule is NCc1ccccc1NC1=NCCO1. The van der Waals surface area contributed by atoms with Gasteiger partial charge in [-0.15, -0.1) is 0 Å². The van der Waals surface area contributed by atoms with Gasteiger partial charge in [-0.2, -0.15) is 0 Å². The van der Waals surface area contributed by atoms with Gasteiger partial charge in [0.25, 0.3) is 6.02 Å². The van der Waals surface area contributed by atoms with Crippen molar-refractivity contribution in [3.8, 4) is 0 Å². The molecule has 0 bridgehead atoms. The molecular formula is C10H13N3O. The molecule has 74 valence electrons. The maximum atomic E-state index is 5.60. The van der Waals surface area contributed by atoms with Gasteiger partial charge in [-0.3, -0.25) is 0 Å². The number of ether oxygens (including phenoxy) is 1. The van der Waals surface area contributed by atoms with E-state index in [9.17, 15) is 0 Å². The van der Waals surface area contributed by atoms with Gasteiger partial charge in [-0.25, -0.2) is 4.99 Å². The Balaban J connectivity index is 2.15. The highest BCUT2D eigenvalue weighted by Gasteiger charge is 2.08. The van der Waals surface area contributed by atoms with Crippen molar-refractivity contribution in [3.05, 3.63) is 29.8 Å². The third kappa shape index (κ3) is 1.85.